The van der Waals surface area contributed by atoms with Crippen molar-refractivity contribution in [2.24, 2.45) is 5.92 Å². The van der Waals surface area contributed by atoms with E-state index < -0.39 is 0 Å². The molecule has 0 bridgehead atoms. The Labute approximate surface area is 176 Å². The number of benzene rings is 2. The fourth-order valence-corrected chi connectivity index (χ4v) is 4.20. The predicted octanol–water partition coefficient (Wildman–Crippen LogP) is 4.50. The molecule has 0 radical (unpaired) electrons. The number of hydrogen-bond acceptors (Lipinski definition) is 3. The maximum atomic E-state index is 12.8. The average molecular weight is 405 g/mol. The van der Waals surface area contributed by atoms with E-state index in [4.69, 9.17) is 0 Å². The Morgan fingerprint density at radius 1 is 0.933 bits per heavy atom. The lowest BCUT2D eigenvalue weighted by molar-refractivity contribution is -0.119. The van der Waals surface area contributed by atoms with Gasteiger partial charge in [0.05, 0.1) is 11.4 Å². The summed E-state index contributed by atoms with van der Waals surface area (Å²) in [5, 5.41) is 5.92. The zero-order valence-corrected chi connectivity index (χ0v) is 17.2. The van der Waals surface area contributed by atoms with Crippen LogP contribution in [-0.2, 0) is 9.59 Å². The Kier molecular flexibility index (Phi) is 5.84. The van der Waals surface area contributed by atoms with Crippen molar-refractivity contribution in [3.63, 3.8) is 0 Å². The van der Waals surface area contributed by atoms with E-state index in [1.54, 1.807) is 29.2 Å². The van der Waals surface area contributed by atoms with Crippen molar-refractivity contribution >= 4 is 34.8 Å². The summed E-state index contributed by atoms with van der Waals surface area (Å²) >= 11 is 0. The molecule has 2 fully saturated rings. The number of anilines is 3. The van der Waals surface area contributed by atoms with Crippen LogP contribution >= 0.6 is 0 Å². The molecule has 3 amide bonds. The van der Waals surface area contributed by atoms with Gasteiger partial charge in [0.15, 0.2) is 0 Å². The highest BCUT2D eigenvalue weighted by Gasteiger charge is 2.24. The lowest BCUT2D eigenvalue weighted by atomic mass is 10.1. The van der Waals surface area contributed by atoms with Crippen LogP contribution in [0.4, 0.5) is 17.1 Å². The molecular weight excluding hydrogens is 378 g/mol. The first kappa shape index (κ1) is 20.1. The second kappa shape index (κ2) is 8.69. The van der Waals surface area contributed by atoms with Gasteiger partial charge in [-0.25, -0.2) is 0 Å². The number of nitrogens with zero attached hydrogens (tertiary/aromatic N) is 1. The van der Waals surface area contributed by atoms with Gasteiger partial charge in [-0.2, -0.15) is 0 Å². The van der Waals surface area contributed by atoms with Crippen LogP contribution in [0.1, 0.15) is 54.4 Å². The standard InChI is InChI=1S/C24H27N3O3/c1-16-8-13-20(25-23(29)17-5-2-3-6-17)21(15-16)26-24(30)18-9-11-19(12-10-18)27-14-4-7-22(27)28/h8-13,15,17H,2-7,14H2,1H3,(H,25,29)(H,26,30). The van der Waals surface area contributed by atoms with E-state index in [2.05, 4.69) is 10.6 Å². The topological polar surface area (TPSA) is 78.5 Å². The molecule has 0 aromatic heterocycles. The smallest absolute Gasteiger partial charge is 0.255 e. The van der Waals surface area contributed by atoms with Crippen molar-refractivity contribution in [3.8, 4) is 0 Å². The van der Waals surface area contributed by atoms with Gasteiger partial charge in [0.25, 0.3) is 5.91 Å². The molecule has 1 aliphatic carbocycles. The van der Waals surface area contributed by atoms with Gasteiger partial charge in [0, 0.05) is 30.1 Å². The molecule has 0 unspecified atom stereocenters. The van der Waals surface area contributed by atoms with Gasteiger partial charge in [0.2, 0.25) is 11.8 Å². The highest BCUT2D eigenvalue weighted by Crippen LogP contribution is 2.29. The summed E-state index contributed by atoms with van der Waals surface area (Å²) in [4.78, 5) is 39.0. The monoisotopic (exact) mass is 405 g/mol. The van der Waals surface area contributed by atoms with Crippen molar-refractivity contribution in [2.45, 2.75) is 45.4 Å². The van der Waals surface area contributed by atoms with Crippen LogP contribution in [-0.4, -0.2) is 24.3 Å². The molecule has 30 heavy (non-hydrogen) atoms. The summed E-state index contributed by atoms with van der Waals surface area (Å²) < 4.78 is 0. The number of amides is 3. The molecule has 1 heterocycles. The third-order valence-electron chi connectivity index (χ3n) is 5.92. The normalized spacial score (nSPS) is 16.7. The maximum absolute atomic E-state index is 12.8. The largest absolute Gasteiger partial charge is 0.324 e. The summed E-state index contributed by atoms with van der Waals surface area (Å²) in [5.41, 5.74) is 3.51. The lowest BCUT2D eigenvalue weighted by Crippen LogP contribution is -2.24. The van der Waals surface area contributed by atoms with Crippen LogP contribution in [0.15, 0.2) is 42.5 Å². The summed E-state index contributed by atoms with van der Waals surface area (Å²) in [5.74, 6) is -0.0620. The van der Waals surface area contributed by atoms with Gasteiger partial charge < -0.3 is 15.5 Å². The van der Waals surface area contributed by atoms with Gasteiger partial charge in [-0.05, 0) is 68.1 Å². The molecule has 2 aromatic carbocycles. The van der Waals surface area contributed by atoms with Crippen molar-refractivity contribution in [2.75, 3.05) is 22.1 Å². The minimum atomic E-state index is -0.253. The third kappa shape index (κ3) is 4.37. The number of aryl methyl sites for hydroxylation is 1. The van der Waals surface area contributed by atoms with E-state index in [1.807, 2.05) is 25.1 Å². The van der Waals surface area contributed by atoms with Crippen LogP contribution in [0, 0.1) is 12.8 Å². The van der Waals surface area contributed by atoms with Crippen LogP contribution in [0.25, 0.3) is 0 Å². The fraction of sp³-hybridized carbons (Fsp3) is 0.375. The zero-order chi connectivity index (χ0) is 21.1. The van der Waals surface area contributed by atoms with E-state index in [0.29, 0.717) is 23.4 Å². The minimum absolute atomic E-state index is 0.0199. The first-order chi connectivity index (χ1) is 14.5. The first-order valence-electron chi connectivity index (χ1n) is 10.6. The highest BCUT2D eigenvalue weighted by atomic mass is 16.2. The number of rotatable bonds is 5. The second-order valence-corrected chi connectivity index (χ2v) is 8.17. The predicted molar refractivity (Wildman–Crippen MR) is 118 cm³/mol. The van der Waals surface area contributed by atoms with Gasteiger partial charge in [-0.1, -0.05) is 18.9 Å². The van der Waals surface area contributed by atoms with Crippen molar-refractivity contribution in [3.05, 3.63) is 53.6 Å². The molecule has 6 heteroatoms. The molecule has 1 aliphatic heterocycles. The number of nitrogens with one attached hydrogen (secondary N) is 2. The SMILES string of the molecule is Cc1ccc(NC(=O)C2CCCC2)c(NC(=O)c2ccc(N3CCCC3=O)cc2)c1. The number of carbonyl (C=O) groups excluding carboxylic acids is 3. The van der Waals surface area contributed by atoms with E-state index in [1.165, 1.54) is 0 Å². The molecule has 4 rings (SSSR count). The van der Waals surface area contributed by atoms with Crippen molar-refractivity contribution < 1.29 is 14.4 Å². The molecule has 1 saturated heterocycles. The Bertz CT molecular complexity index is 962. The molecule has 0 atom stereocenters. The quantitative estimate of drug-likeness (QED) is 0.769. The number of carbonyl (C=O) groups is 3. The fourth-order valence-electron chi connectivity index (χ4n) is 4.20. The summed E-state index contributed by atoms with van der Waals surface area (Å²) in [6, 6.07) is 12.7. The van der Waals surface area contributed by atoms with E-state index in [0.717, 1.165) is 49.9 Å². The van der Waals surface area contributed by atoms with Crippen LogP contribution in [0.5, 0.6) is 0 Å². The molecular formula is C24H27N3O3. The first-order valence-corrected chi connectivity index (χ1v) is 10.6. The third-order valence-corrected chi connectivity index (χ3v) is 5.92. The zero-order valence-electron chi connectivity index (χ0n) is 17.2. The van der Waals surface area contributed by atoms with E-state index >= 15 is 0 Å². The molecule has 2 aliphatic rings. The van der Waals surface area contributed by atoms with Crippen LogP contribution in [0.3, 0.4) is 0 Å². The molecule has 0 spiro atoms. The lowest BCUT2D eigenvalue weighted by Gasteiger charge is -2.17. The second-order valence-electron chi connectivity index (χ2n) is 8.17. The van der Waals surface area contributed by atoms with Gasteiger partial charge in [-0.15, -0.1) is 0 Å². The molecule has 1 saturated carbocycles. The average Bonchev–Trinajstić information content (AvgIpc) is 3.42. The van der Waals surface area contributed by atoms with Crippen LogP contribution < -0.4 is 15.5 Å². The van der Waals surface area contributed by atoms with Crippen molar-refractivity contribution in [1.82, 2.24) is 0 Å². The summed E-state index contributed by atoms with van der Waals surface area (Å²) in [6.07, 6.45) is 5.47. The summed E-state index contributed by atoms with van der Waals surface area (Å²) in [7, 11) is 0. The minimum Gasteiger partial charge on any atom is -0.324 e. The molecule has 2 N–H and O–H groups in total. The Balaban J connectivity index is 1.47. The molecule has 2 aromatic rings. The van der Waals surface area contributed by atoms with Gasteiger partial charge in [0.1, 0.15) is 0 Å². The van der Waals surface area contributed by atoms with Crippen LogP contribution in [0.2, 0.25) is 0 Å². The maximum Gasteiger partial charge on any atom is 0.255 e. The summed E-state index contributed by atoms with van der Waals surface area (Å²) in [6.45, 7) is 2.66. The Hall–Kier alpha value is -3.15. The molecule has 6 nitrogen and oxygen atoms in total. The van der Waals surface area contributed by atoms with E-state index in [9.17, 15) is 14.4 Å². The molecule has 156 valence electrons. The number of hydrogen-bond donors (Lipinski definition) is 2. The van der Waals surface area contributed by atoms with Gasteiger partial charge >= 0.3 is 0 Å². The van der Waals surface area contributed by atoms with Gasteiger partial charge in [-0.3, -0.25) is 14.4 Å². The Morgan fingerprint density at radius 3 is 2.33 bits per heavy atom. The highest BCUT2D eigenvalue weighted by molar-refractivity contribution is 6.08. The van der Waals surface area contributed by atoms with E-state index in [-0.39, 0.29) is 23.6 Å². The Morgan fingerprint density at radius 2 is 1.67 bits per heavy atom. The van der Waals surface area contributed by atoms with Crippen molar-refractivity contribution in [1.29, 1.82) is 0 Å².